The maximum Gasteiger partial charge on any atom is 0.259 e. The molecule has 30 heavy (non-hydrogen) atoms. The maximum atomic E-state index is 13.2. The zero-order valence-electron chi connectivity index (χ0n) is 16.1. The molecule has 1 aromatic heterocycles. The number of carbonyl (C=O) groups is 2. The second-order valence-corrected chi connectivity index (χ2v) is 7.73. The number of benzene rings is 2. The van der Waals surface area contributed by atoms with Crippen molar-refractivity contribution in [3.8, 4) is 0 Å². The van der Waals surface area contributed by atoms with Crippen molar-refractivity contribution >= 4 is 35.0 Å². The summed E-state index contributed by atoms with van der Waals surface area (Å²) in [6.07, 6.45) is 7.12. The van der Waals surface area contributed by atoms with Gasteiger partial charge in [-0.15, -0.1) is 0 Å². The van der Waals surface area contributed by atoms with Gasteiger partial charge < -0.3 is 19.7 Å². The van der Waals surface area contributed by atoms with Gasteiger partial charge in [0.05, 0.1) is 23.1 Å². The molecule has 0 radical (unpaired) electrons. The van der Waals surface area contributed by atoms with E-state index >= 15 is 0 Å². The van der Waals surface area contributed by atoms with E-state index in [1.54, 1.807) is 17.0 Å². The fourth-order valence-electron chi connectivity index (χ4n) is 3.15. The third-order valence-electron chi connectivity index (χ3n) is 4.62. The second-order valence-electron chi connectivity index (χ2n) is 6.65. The van der Waals surface area contributed by atoms with Crippen LogP contribution in [-0.2, 0) is 0 Å². The number of carbonyl (C=O) groups excluding carboxylic acids is 2. The highest BCUT2D eigenvalue weighted by Gasteiger charge is 2.26. The fourth-order valence-corrected chi connectivity index (χ4v) is 4.27. The Morgan fingerprint density at radius 2 is 2.00 bits per heavy atom. The van der Waals surface area contributed by atoms with Crippen molar-refractivity contribution < 1.29 is 19.1 Å². The molecular formula is C23H20N2O4S. The van der Waals surface area contributed by atoms with Crippen LogP contribution in [0.5, 0.6) is 0 Å². The first-order chi connectivity index (χ1) is 14.7. The summed E-state index contributed by atoms with van der Waals surface area (Å²) in [6.45, 7) is 0.459. The number of anilines is 2. The topological polar surface area (TPSA) is 82.8 Å². The Morgan fingerprint density at radius 1 is 1.13 bits per heavy atom. The summed E-state index contributed by atoms with van der Waals surface area (Å²) < 4.78 is 4.97. The van der Waals surface area contributed by atoms with Gasteiger partial charge in [-0.2, -0.15) is 0 Å². The van der Waals surface area contributed by atoms with E-state index in [9.17, 15) is 9.59 Å². The molecule has 1 aliphatic heterocycles. The lowest BCUT2D eigenvalue weighted by Crippen LogP contribution is -2.31. The molecule has 0 aliphatic carbocycles. The Bertz CT molecular complexity index is 1090. The molecule has 4 rings (SSSR count). The molecule has 152 valence electrons. The molecule has 2 N–H and O–H groups in total. The minimum atomic E-state index is -0.261. The number of nitrogens with zero attached hydrogens (tertiary/aromatic N) is 1. The monoisotopic (exact) mass is 420 g/mol. The van der Waals surface area contributed by atoms with Crippen molar-refractivity contribution in [3.05, 3.63) is 84.3 Å². The lowest BCUT2D eigenvalue weighted by molar-refractivity contribution is 0.0985. The molecule has 7 heteroatoms. The molecule has 0 atom stereocenters. The summed E-state index contributed by atoms with van der Waals surface area (Å²) in [6, 6.07) is 14.6. The highest BCUT2D eigenvalue weighted by atomic mass is 32.2. The molecule has 0 spiro atoms. The zero-order chi connectivity index (χ0) is 20.9. The lowest BCUT2D eigenvalue weighted by Gasteiger charge is -2.22. The van der Waals surface area contributed by atoms with Crippen LogP contribution < -0.4 is 10.2 Å². The van der Waals surface area contributed by atoms with Gasteiger partial charge in [0.25, 0.3) is 11.8 Å². The number of aliphatic hydroxyl groups is 1. The van der Waals surface area contributed by atoms with Gasteiger partial charge in [0.2, 0.25) is 0 Å². The molecule has 6 nitrogen and oxygen atoms in total. The Morgan fingerprint density at radius 3 is 2.80 bits per heavy atom. The van der Waals surface area contributed by atoms with Crippen molar-refractivity contribution in [2.75, 3.05) is 23.4 Å². The van der Waals surface area contributed by atoms with Gasteiger partial charge in [0, 0.05) is 28.6 Å². The molecule has 3 aromatic rings. The molecule has 0 bridgehead atoms. The van der Waals surface area contributed by atoms with Crippen molar-refractivity contribution in [2.24, 2.45) is 0 Å². The summed E-state index contributed by atoms with van der Waals surface area (Å²) in [5, 5.41) is 11.9. The van der Waals surface area contributed by atoms with Gasteiger partial charge in [-0.1, -0.05) is 36.0 Å². The van der Waals surface area contributed by atoms with E-state index in [0.29, 0.717) is 29.8 Å². The van der Waals surface area contributed by atoms with Gasteiger partial charge in [-0.05, 0) is 42.8 Å². The predicted octanol–water partition coefficient (Wildman–Crippen LogP) is 4.58. The number of rotatable bonds is 6. The molecule has 2 amide bonds. The van der Waals surface area contributed by atoms with Crippen molar-refractivity contribution in [2.45, 2.75) is 16.2 Å². The SMILES string of the molecule is O=C(Nc1ccc2c(c1)Sc1ccccc1C(=O)N2C/C=C/CCO)c1ccoc1. The predicted molar refractivity (Wildman–Crippen MR) is 116 cm³/mol. The third-order valence-corrected chi connectivity index (χ3v) is 5.75. The molecule has 2 heterocycles. The normalized spacial score (nSPS) is 13.1. The number of hydrogen-bond donors (Lipinski definition) is 2. The van der Waals surface area contributed by atoms with Crippen LogP contribution in [0, 0.1) is 0 Å². The fraction of sp³-hybridized carbons (Fsp3) is 0.130. The van der Waals surface area contributed by atoms with E-state index in [4.69, 9.17) is 9.52 Å². The zero-order valence-corrected chi connectivity index (χ0v) is 16.9. The average Bonchev–Trinajstić information content (AvgIpc) is 3.26. The smallest absolute Gasteiger partial charge is 0.259 e. The molecular weight excluding hydrogens is 400 g/mol. The van der Waals surface area contributed by atoms with E-state index in [-0.39, 0.29) is 18.4 Å². The van der Waals surface area contributed by atoms with Crippen molar-refractivity contribution in [3.63, 3.8) is 0 Å². The number of fused-ring (bicyclic) bond motifs is 2. The highest BCUT2D eigenvalue weighted by molar-refractivity contribution is 7.99. The van der Waals surface area contributed by atoms with Crippen molar-refractivity contribution in [1.29, 1.82) is 0 Å². The van der Waals surface area contributed by atoms with E-state index in [0.717, 1.165) is 15.5 Å². The van der Waals surface area contributed by atoms with Gasteiger partial charge in [0.15, 0.2) is 0 Å². The summed E-state index contributed by atoms with van der Waals surface area (Å²) in [7, 11) is 0. The standard InChI is InChI=1S/C23H20N2O4S/c26-12-5-1-4-11-25-19-9-8-17(24-22(27)16-10-13-29-15-16)14-21(19)30-20-7-3-2-6-18(20)23(25)28/h1-4,6-10,13-15,26H,5,11-12H2,(H,24,27)/b4-1+. The minimum absolute atomic E-state index is 0.0689. The third kappa shape index (κ3) is 4.17. The van der Waals surface area contributed by atoms with Gasteiger partial charge >= 0.3 is 0 Å². The van der Waals surface area contributed by atoms with E-state index < -0.39 is 0 Å². The van der Waals surface area contributed by atoms with Crippen LogP contribution in [0.4, 0.5) is 11.4 Å². The minimum Gasteiger partial charge on any atom is -0.472 e. The van der Waals surface area contributed by atoms with Gasteiger partial charge in [-0.3, -0.25) is 9.59 Å². The average molecular weight is 420 g/mol. The van der Waals surface area contributed by atoms with E-state index in [2.05, 4.69) is 5.32 Å². The molecule has 0 saturated carbocycles. The number of amides is 2. The Labute approximate surface area is 178 Å². The Balaban J connectivity index is 1.68. The molecule has 2 aromatic carbocycles. The summed E-state index contributed by atoms with van der Waals surface area (Å²) in [5.74, 6) is -0.344. The van der Waals surface area contributed by atoms with Crippen LogP contribution in [0.25, 0.3) is 0 Å². The first kappa shape index (κ1) is 20.0. The van der Waals surface area contributed by atoms with E-state index in [1.165, 1.54) is 24.3 Å². The lowest BCUT2D eigenvalue weighted by atomic mass is 10.1. The number of aliphatic hydroxyl groups excluding tert-OH is 1. The van der Waals surface area contributed by atoms with Crippen LogP contribution in [0.2, 0.25) is 0 Å². The van der Waals surface area contributed by atoms with Gasteiger partial charge in [0.1, 0.15) is 6.26 Å². The number of hydrogen-bond acceptors (Lipinski definition) is 5. The largest absolute Gasteiger partial charge is 0.472 e. The summed E-state index contributed by atoms with van der Waals surface area (Å²) in [4.78, 5) is 29.0. The van der Waals surface area contributed by atoms with Crippen LogP contribution in [0.15, 0.2) is 87.4 Å². The van der Waals surface area contributed by atoms with Crippen LogP contribution >= 0.6 is 11.8 Å². The maximum absolute atomic E-state index is 13.2. The highest BCUT2D eigenvalue weighted by Crippen LogP contribution is 2.42. The van der Waals surface area contributed by atoms with Crippen molar-refractivity contribution in [1.82, 2.24) is 0 Å². The van der Waals surface area contributed by atoms with Crippen LogP contribution in [-0.4, -0.2) is 30.1 Å². The molecule has 0 unspecified atom stereocenters. The van der Waals surface area contributed by atoms with Crippen LogP contribution in [0.3, 0.4) is 0 Å². The first-order valence-corrected chi connectivity index (χ1v) is 10.3. The molecule has 1 aliphatic rings. The van der Waals surface area contributed by atoms with E-state index in [1.807, 2.05) is 48.6 Å². The summed E-state index contributed by atoms with van der Waals surface area (Å²) >= 11 is 1.50. The molecule has 0 saturated heterocycles. The van der Waals surface area contributed by atoms with Gasteiger partial charge in [-0.25, -0.2) is 0 Å². The Kier molecular flexibility index (Phi) is 6.02. The molecule has 0 fully saturated rings. The first-order valence-electron chi connectivity index (χ1n) is 9.49. The number of nitrogens with one attached hydrogen (secondary N) is 1. The Hall–Kier alpha value is -3.29. The van der Waals surface area contributed by atoms with Crippen LogP contribution in [0.1, 0.15) is 27.1 Å². The number of furan rings is 1. The summed E-state index contributed by atoms with van der Waals surface area (Å²) in [5.41, 5.74) is 2.48. The quantitative estimate of drug-likeness (QED) is 0.570. The second kappa shape index (κ2) is 9.02.